The summed E-state index contributed by atoms with van der Waals surface area (Å²) in [5, 5.41) is 2.80. The molecular weight excluding hydrogens is 510 g/mol. The lowest BCUT2D eigenvalue weighted by atomic mass is 10.1. The van der Waals surface area contributed by atoms with Crippen LogP contribution in [0.3, 0.4) is 0 Å². The summed E-state index contributed by atoms with van der Waals surface area (Å²) in [6.07, 6.45) is -0.241. The van der Waals surface area contributed by atoms with Gasteiger partial charge in [0.2, 0.25) is 11.8 Å². The molecule has 0 fully saturated rings. The van der Waals surface area contributed by atoms with Crippen molar-refractivity contribution in [2.24, 2.45) is 0 Å². The van der Waals surface area contributed by atoms with Gasteiger partial charge in [-0.25, -0.2) is 12.7 Å². The number of carbonyl (C=O) groups excluding carboxylic acids is 3. The van der Waals surface area contributed by atoms with E-state index in [0.29, 0.717) is 0 Å². The van der Waals surface area contributed by atoms with Crippen LogP contribution in [-0.2, 0) is 26.2 Å². The van der Waals surface area contributed by atoms with Gasteiger partial charge in [-0.05, 0) is 50.6 Å². The summed E-state index contributed by atoms with van der Waals surface area (Å²) < 4.78 is 27.2. The molecule has 0 unspecified atom stereocenters. The quantitative estimate of drug-likeness (QED) is 0.559. The fraction of sp³-hybridized carbons (Fsp3) is 0.348. The largest absolute Gasteiger partial charge is 0.352 e. The zero-order valence-corrected chi connectivity index (χ0v) is 21.0. The number of hydrogen-bond donors (Lipinski definition) is 1. The molecule has 1 N–H and O–H groups in total. The second kappa shape index (κ2) is 10.0. The second-order valence-electron chi connectivity index (χ2n) is 8.12. The molecule has 8 nitrogen and oxygen atoms in total. The van der Waals surface area contributed by atoms with Gasteiger partial charge in [0.1, 0.15) is 10.9 Å². The Hall–Kier alpha value is -2.72. The Morgan fingerprint density at radius 3 is 2.30 bits per heavy atom. The molecule has 0 spiro atoms. The molecule has 0 bridgehead atoms. The summed E-state index contributed by atoms with van der Waals surface area (Å²) in [7, 11) is -4.00. The third-order valence-corrected chi connectivity index (χ3v) is 7.67. The lowest BCUT2D eigenvalue weighted by Crippen LogP contribution is -2.49. The van der Waals surface area contributed by atoms with Crippen LogP contribution in [0.1, 0.15) is 43.1 Å². The molecule has 1 aliphatic heterocycles. The Balaban J connectivity index is 1.79. The Bertz CT molecular complexity index is 1160. The van der Waals surface area contributed by atoms with Crippen molar-refractivity contribution in [3.05, 3.63) is 64.1 Å². The minimum Gasteiger partial charge on any atom is -0.352 e. The summed E-state index contributed by atoms with van der Waals surface area (Å²) in [5.74, 6) is -1.39. The lowest BCUT2D eigenvalue weighted by molar-refractivity contribution is -0.140. The van der Waals surface area contributed by atoms with Crippen LogP contribution in [0, 0.1) is 0 Å². The van der Waals surface area contributed by atoms with E-state index in [4.69, 9.17) is 0 Å². The highest BCUT2D eigenvalue weighted by atomic mass is 79.9. The maximum Gasteiger partial charge on any atom is 0.269 e. The van der Waals surface area contributed by atoms with E-state index in [1.807, 2.05) is 38.1 Å². The van der Waals surface area contributed by atoms with E-state index in [9.17, 15) is 22.8 Å². The van der Waals surface area contributed by atoms with Crippen LogP contribution in [0.2, 0.25) is 0 Å². The Kier molecular flexibility index (Phi) is 7.58. The average Bonchev–Trinajstić information content (AvgIpc) is 2.96. The Labute approximate surface area is 202 Å². The van der Waals surface area contributed by atoms with Gasteiger partial charge in [-0.1, -0.05) is 40.2 Å². The van der Waals surface area contributed by atoms with Gasteiger partial charge in [-0.2, -0.15) is 0 Å². The average molecular weight is 536 g/mol. The van der Waals surface area contributed by atoms with Gasteiger partial charge < -0.3 is 10.2 Å². The molecule has 1 aliphatic rings. The molecule has 3 amide bonds. The van der Waals surface area contributed by atoms with Crippen molar-refractivity contribution in [1.82, 2.24) is 14.5 Å². The van der Waals surface area contributed by atoms with Crippen molar-refractivity contribution in [3.8, 4) is 0 Å². The van der Waals surface area contributed by atoms with Crippen molar-refractivity contribution in [2.45, 2.75) is 50.7 Å². The monoisotopic (exact) mass is 535 g/mol. The van der Waals surface area contributed by atoms with Gasteiger partial charge in [-0.3, -0.25) is 14.4 Å². The van der Waals surface area contributed by atoms with Gasteiger partial charge in [-0.15, -0.1) is 0 Å². The maximum absolute atomic E-state index is 13.2. The van der Waals surface area contributed by atoms with Gasteiger partial charge in [0.05, 0.1) is 5.56 Å². The molecule has 0 saturated carbocycles. The third kappa shape index (κ3) is 5.44. The zero-order valence-electron chi connectivity index (χ0n) is 18.6. The standard InChI is InChI=1S/C23H26BrN3O5S/c1-15(2)25-22(29)16(3)26(14-17-8-10-18(24)11-9-17)21(28)12-13-27-23(30)19-6-4-5-7-20(19)33(27,31)32/h4-11,15-16H,12-14H2,1-3H3,(H,25,29)/t16-/m1/s1. The van der Waals surface area contributed by atoms with Gasteiger partial charge >= 0.3 is 0 Å². The van der Waals surface area contributed by atoms with E-state index >= 15 is 0 Å². The molecule has 176 valence electrons. The maximum atomic E-state index is 13.2. The fourth-order valence-electron chi connectivity index (χ4n) is 3.57. The van der Waals surface area contributed by atoms with Crippen LogP contribution in [0.25, 0.3) is 0 Å². The highest BCUT2D eigenvalue weighted by Crippen LogP contribution is 2.30. The van der Waals surface area contributed by atoms with Crippen LogP contribution < -0.4 is 5.32 Å². The van der Waals surface area contributed by atoms with E-state index in [2.05, 4.69) is 21.2 Å². The number of amides is 3. The number of nitrogens with one attached hydrogen (secondary N) is 1. The summed E-state index contributed by atoms with van der Waals surface area (Å²) in [6, 6.07) is 12.4. The van der Waals surface area contributed by atoms with E-state index in [0.717, 1.165) is 14.3 Å². The third-order valence-electron chi connectivity index (χ3n) is 5.31. The van der Waals surface area contributed by atoms with Crippen LogP contribution in [0.5, 0.6) is 0 Å². The summed E-state index contributed by atoms with van der Waals surface area (Å²) in [5.41, 5.74) is 0.911. The molecule has 0 radical (unpaired) electrons. The molecule has 0 aromatic heterocycles. The topological polar surface area (TPSA) is 104 Å². The number of sulfonamides is 1. The van der Waals surface area contributed by atoms with Crippen LogP contribution in [0.15, 0.2) is 57.9 Å². The van der Waals surface area contributed by atoms with E-state index in [1.165, 1.54) is 17.0 Å². The number of carbonyl (C=O) groups is 3. The molecule has 33 heavy (non-hydrogen) atoms. The Morgan fingerprint density at radius 2 is 1.70 bits per heavy atom. The number of fused-ring (bicyclic) bond motifs is 1. The van der Waals surface area contributed by atoms with E-state index in [-0.39, 0.29) is 41.9 Å². The van der Waals surface area contributed by atoms with Crippen molar-refractivity contribution >= 4 is 43.7 Å². The molecule has 1 atom stereocenters. The molecule has 10 heteroatoms. The van der Waals surface area contributed by atoms with Crippen molar-refractivity contribution < 1.29 is 22.8 Å². The molecule has 3 rings (SSSR count). The smallest absolute Gasteiger partial charge is 0.269 e. The van der Waals surface area contributed by atoms with Gasteiger partial charge in [0, 0.05) is 30.0 Å². The first-order valence-corrected chi connectivity index (χ1v) is 12.8. The highest BCUT2D eigenvalue weighted by Gasteiger charge is 2.41. The van der Waals surface area contributed by atoms with Crippen molar-refractivity contribution in [1.29, 1.82) is 0 Å². The molecule has 1 heterocycles. The molecule has 2 aromatic rings. The van der Waals surface area contributed by atoms with E-state index < -0.39 is 27.9 Å². The normalized spacial score (nSPS) is 15.3. The first kappa shape index (κ1) is 24.9. The van der Waals surface area contributed by atoms with Crippen molar-refractivity contribution in [3.63, 3.8) is 0 Å². The number of hydrogen-bond acceptors (Lipinski definition) is 5. The van der Waals surface area contributed by atoms with E-state index in [1.54, 1.807) is 19.1 Å². The van der Waals surface area contributed by atoms with Crippen LogP contribution >= 0.6 is 15.9 Å². The lowest BCUT2D eigenvalue weighted by Gasteiger charge is -2.30. The number of halogens is 1. The predicted molar refractivity (Wildman–Crippen MR) is 127 cm³/mol. The van der Waals surface area contributed by atoms with Crippen molar-refractivity contribution in [2.75, 3.05) is 6.54 Å². The first-order chi connectivity index (χ1) is 15.5. The molecule has 2 aromatic carbocycles. The summed E-state index contributed by atoms with van der Waals surface area (Å²) in [6.45, 7) is 5.14. The number of rotatable bonds is 8. The first-order valence-electron chi connectivity index (χ1n) is 10.5. The fourth-order valence-corrected chi connectivity index (χ4v) is 5.40. The molecule has 0 saturated heterocycles. The molecular formula is C23H26BrN3O5S. The van der Waals surface area contributed by atoms with Crippen LogP contribution in [-0.4, -0.2) is 54.0 Å². The van der Waals surface area contributed by atoms with Gasteiger partial charge in [0.15, 0.2) is 0 Å². The number of nitrogens with zero attached hydrogens (tertiary/aromatic N) is 2. The molecule has 0 aliphatic carbocycles. The predicted octanol–water partition coefficient (Wildman–Crippen LogP) is 2.93. The minimum atomic E-state index is -4.00. The number of benzene rings is 2. The Morgan fingerprint density at radius 1 is 1.06 bits per heavy atom. The van der Waals surface area contributed by atoms with Gasteiger partial charge in [0.25, 0.3) is 15.9 Å². The zero-order chi connectivity index (χ0) is 24.3. The second-order valence-corrected chi connectivity index (χ2v) is 10.9. The minimum absolute atomic E-state index is 0.0566. The van der Waals surface area contributed by atoms with Crippen LogP contribution in [0.4, 0.5) is 0 Å². The highest BCUT2D eigenvalue weighted by molar-refractivity contribution is 9.10. The summed E-state index contributed by atoms with van der Waals surface area (Å²) >= 11 is 3.37. The SMILES string of the molecule is CC(C)NC(=O)[C@@H](C)N(Cc1ccc(Br)cc1)C(=O)CCN1C(=O)c2ccccc2S1(=O)=O. The summed E-state index contributed by atoms with van der Waals surface area (Å²) in [4.78, 5) is 39.8.